The van der Waals surface area contributed by atoms with Crippen LogP contribution in [0.3, 0.4) is 0 Å². The van der Waals surface area contributed by atoms with Gasteiger partial charge in [-0.15, -0.1) is 0 Å². The second-order valence-corrected chi connectivity index (χ2v) is 19.4. The van der Waals surface area contributed by atoms with Crippen molar-refractivity contribution in [2.24, 2.45) is 0 Å². The summed E-state index contributed by atoms with van der Waals surface area (Å²) in [7, 11) is -10.7. The number of esters is 2. The Bertz CT molecular complexity index is 1700. The summed E-state index contributed by atoms with van der Waals surface area (Å²) >= 11 is 0. The minimum Gasteiger partial charge on any atom is -0.462 e. The molecule has 0 aromatic heterocycles. The molecule has 1 saturated heterocycles. The topological polar surface area (TPSA) is 269 Å². The lowest BCUT2D eigenvalue weighted by Crippen LogP contribution is -2.64. The lowest BCUT2D eigenvalue weighted by molar-refractivity contribution is -0.216. The number of epoxide rings is 1. The van der Waals surface area contributed by atoms with Gasteiger partial charge in [0.1, 0.15) is 43.2 Å². The van der Waals surface area contributed by atoms with E-state index in [4.69, 9.17) is 23.3 Å². The van der Waals surface area contributed by atoms with Crippen molar-refractivity contribution in [3.63, 3.8) is 0 Å². The predicted octanol–water partition coefficient (Wildman–Crippen LogP) is 8.38. The minimum absolute atomic E-state index is 0.0186. The van der Waals surface area contributed by atoms with Crippen LogP contribution in [0.15, 0.2) is 85.1 Å². The standard InChI is InChI=1S/C49H80O17P2/c1-3-5-7-9-11-13-15-17-18-19-20-21-23-25-27-29-31-35-42(50)61-37-39(38-62-68(59,60)66-49-46(54)44(52)45(53)48(47(49)55)65-67(56,57)58)63-43(51)36-32-34-41-40(64-41)33-30-28-26-24-22-16-14-12-10-8-6-4-2/h5,7,11-14,17-18,20-22,24,28,30,39-41,44-49,52-55H,3-4,6,8-10,15-16,19,23,25-27,29,31-38H2,1-2H3,(H,59,60)(H2,56,57,58)/b7-5-,13-11-,14-12-,18-17-,21-20-,24-22-,30-28-/t39-,40?,41?,44?,45?,46?,47?,48-,49+/m1/s1. The maximum absolute atomic E-state index is 13.0. The van der Waals surface area contributed by atoms with E-state index in [9.17, 15) is 53.8 Å². The molecule has 7 N–H and O–H groups in total. The Morgan fingerprint density at radius 1 is 0.559 bits per heavy atom. The summed E-state index contributed by atoms with van der Waals surface area (Å²) in [6.07, 6.45) is 31.2. The first-order valence-corrected chi connectivity index (χ1v) is 27.3. The smallest absolute Gasteiger partial charge is 0.462 e. The van der Waals surface area contributed by atoms with Crippen LogP contribution in [0.2, 0.25) is 0 Å². The SMILES string of the molecule is CC/C=C\C/C=C\C/C=C\C/C=C\CCCCCCC(=O)OC[C@H](COP(=O)(O)O[C@H]1C(O)C(O)C(O)[C@@H](OP(=O)(O)O)C1O)OC(=O)CCCC1OC1C/C=C\C/C=C\C/C=C\CCCCC. The first-order chi connectivity index (χ1) is 32.6. The van der Waals surface area contributed by atoms with Crippen molar-refractivity contribution in [3.05, 3.63) is 85.1 Å². The summed E-state index contributed by atoms with van der Waals surface area (Å²) in [6, 6.07) is 0. The van der Waals surface area contributed by atoms with E-state index in [2.05, 4.69) is 103 Å². The first kappa shape index (κ1) is 61.3. The molecule has 2 rings (SSSR count). The van der Waals surface area contributed by atoms with E-state index in [-0.39, 0.29) is 25.0 Å². The normalized spacial score (nSPS) is 25.0. The molecule has 0 amide bonds. The van der Waals surface area contributed by atoms with Gasteiger partial charge in [0.05, 0.1) is 18.8 Å². The number of rotatable bonds is 38. The second-order valence-electron chi connectivity index (χ2n) is 16.8. The number of hydrogen-bond acceptors (Lipinski definition) is 14. The molecule has 7 unspecified atom stereocenters. The molecule has 0 bridgehead atoms. The molecule has 0 radical (unpaired) electrons. The number of aliphatic hydroxyl groups is 4. The first-order valence-electron chi connectivity index (χ1n) is 24.3. The number of carbonyl (C=O) groups is 2. The Hall–Kier alpha value is -2.86. The number of phosphoric ester groups is 2. The van der Waals surface area contributed by atoms with Gasteiger partial charge in [-0.2, -0.15) is 0 Å². The Balaban J connectivity index is 1.84. The molecule has 1 aliphatic carbocycles. The Morgan fingerprint density at radius 2 is 1.07 bits per heavy atom. The van der Waals surface area contributed by atoms with Gasteiger partial charge in [-0.3, -0.25) is 23.2 Å². The molecule has 0 aromatic rings. The summed E-state index contributed by atoms with van der Waals surface area (Å²) < 4.78 is 55.2. The predicted molar refractivity (Wildman–Crippen MR) is 259 cm³/mol. The monoisotopic (exact) mass is 1000 g/mol. The third kappa shape index (κ3) is 29.4. The molecule has 0 aromatic carbocycles. The average molecular weight is 1000 g/mol. The van der Waals surface area contributed by atoms with E-state index in [1.54, 1.807) is 0 Å². The number of ether oxygens (including phenoxy) is 3. The molecule has 10 atom stereocenters. The molecule has 388 valence electrons. The summed E-state index contributed by atoms with van der Waals surface area (Å²) in [5, 5.41) is 41.3. The van der Waals surface area contributed by atoms with Crippen molar-refractivity contribution in [3.8, 4) is 0 Å². The van der Waals surface area contributed by atoms with Gasteiger partial charge in [-0.05, 0) is 89.9 Å². The van der Waals surface area contributed by atoms with Gasteiger partial charge in [0.2, 0.25) is 0 Å². The Kier molecular flexibility index (Phi) is 32.5. The zero-order valence-electron chi connectivity index (χ0n) is 39.9. The van der Waals surface area contributed by atoms with Gasteiger partial charge in [-0.25, -0.2) is 9.13 Å². The van der Waals surface area contributed by atoms with E-state index in [1.165, 1.54) is 19.3 Å². The largest absolute Gasteiger partial charge is 0.472 e. The van der Waals surface area contributed by atoms with Crippen molar-refractivity contribution in [2.45, 2.75) is 197 Å². The van der Waals surface area contributed by atoms with E-state index in [0.29, 0.717) is 19.3 Å². The van der Waals surface area contributed by atoms with Crippen LogP contribution in [0, 0.1) is 0 Å². The third-order valence-electron chi connectivity index (χ3n) is 10.9. The molecular formula is C49H80O17P2. The van der Waals surface area contributed by atoms with Crippen LogP contribution in [0.5, 0.6) is 0 Å². The molecular weight excluding hydrogens is 922 g/mol. The molecule has 1 aliphatic heterocycles. The number of aliphatic hydroxyl groups excluding tert-OH is 4. The van der Waals surface area contributed by atoms with Gasteiger partial charge < -0.3 is 49.3 Å². The second kappa shape index (κ2) is 36.1. The molecule has 0 spiro atoms. The number of unbranched alkanes of at least 4 members (excludes halogenated alkanes) is 7. The highest BCUT2D eigenvalue weighted by Crippen LogP contribution is 2.49. The quantitative estimate of drug-likeness (QED) is 0.0101. The van der Waals surface area contributed by atoms with Gasteiger partial charge in [0.25, 0.3) is 0 Å². The van der Waals surface area contributed by atoms with E-state index >= 15 is 0 Å². The molecule has 68 heavy (non-hydrogen) atoms. The maximum Gasteiger partial charge on any atom is 0.472 e. The summed E-state index contributed by atoms with van der Waals surface area (Å²) in [4.78, 5) is 54.5. The van der Waals surface area contributed by atoms with Crippen molar-refractivity contribution in [1.82, 2.24) is 0 Å². The molecule has 2 fully saturated rings. The van der Waals surface area contributed by atoms with Gasteiger partial charge in [0, 0.05) is 12.8 Å². The zero-order chi connectivity index (χ0) is 50.0. The molecule has 17 nitrogen and oxygen atoms in total. The zero-order valence-corrected chi connectivity index (χ0v) is 41.7. The van der Waals surface area contributed by atoms with Gasteiger partial charge in [-0.1, -0.05) is 125 Å². The van der Waals surface area contributed by atoms with Crippen LogP contribution < -0.4 is 0 Å². The Labute approximate surface area is 403 Å². The maximum atomic E-state index is 13.0. The molecule has 2 aliphatic rings. The van der Waals surface area contributed by atoms with Crippen LogP contribution in [0.1, 0.15) is 142 Å². The van der Waals surface area contributed by atoms with Gasteiger partial charge in [0.15, 0.2) is 6.10 Å². The molecule has 19 heteroatoms. The number of hydrogen-bond donors (Lipinski definition) is 7. The average Bonchev–Trinajstić information content (AvgIpc) is 4.05. The van der Waals surface area contributed by atoms with E-state index in [1.807, 2.05) is 0 Å². The van der Waals surface area contributed by atoms with Crippen LogP contribution in [-0.2, 0) is 46.5 Å². The van der Waals surface area contributed by atoms with Gasteiger partial charge >= 0.3 is 27.6 Å². The fourth-order valence-corrected chi connectivity index (χ4v) is 8.58. The number of phosphoric acid groups is 2. The lowest BCUT2D eigenvalue weighted by atomic mass is 9.85. The van der Waals surface area contributed by atoms with Crippen molar-refractivity contribution >= 4 is 27.6 Å². The summed E-state index contributed by atoms with van der Waals surface area (Å²) in [6.45, 7) is 2.88. The van der Waals surface area contributed by atoms with Crippen molar-refractivity contribution in [2.75, 3.05) is 13.2 Å². The van der Waals surface area contributed by atoms with Crippen LogP contribution in [-0.4, -0.2) is 115 Å². The summed E-state index contributed by atoms with van der Waals surface area (Å²) in [5.74, 6) is -1.32. The minimum atomic E-state index is -5.38. The fourth-order valence-electron chi connectivity index (χ4n) is 7.04. The highest BCUT2D eigenvalue weighted by Gasteiger charge is 2.54. The summed E-state index contributed by atoms with van der Waals surface area (Å²) in [5.41, 5.74) is 0. The fraction of sp³-hybridized carbons (Fsp3) is 0.673. The number of allylic oxidation sites excluding steroid dienone is 13. The molecule has 1 heterocycles. The number of carbonyl (C=O) groups excluding carboxylic acids is 2. The van der Waals surface area contributed by atoms with Crippen LogP contribution in [0.25, 0.3) is 0 Å². The highest BCUT2D eigenvalue weighted by atomic mass is 31.2. The lowest BCUT2D eigenvalue weighted by Gasteiger charge is -2.43. The Morgan fingerprint density at radius 3 is 1.65 bits per heavy atom. The van der Waals surface area contributed by atoms with Crippen LogP contribution >= 0.6 is 15.6 Å². The van der Waals surface area contributed by atoms with Crippen LogP contribution in [0.4, 0.5) is 0 Å². The van der Waals surface area contributed by atoms with Crippen molar-refractivity contribution in [1.29, 1.82) is 0 Å². The highest BCUT2D eigenvalue weighted by molar-refractivity contribution is 7.47. The van der Waals surface area contributed by atoms with E-state index < -0.39 is 83.5 Å². The van der Waals surface area contributed by atoms with E-state index in [0.717, 1.165) is 77.0 Å². The molecule has 1 saturated carbocycles. The third-order valence-corrected chi connectivity index (χ3v) is 12.4. The van der Waals surface area contributed by atoms with Crippen molar-refractivity contribution < 1.29 is 81.6 Å².